The van der Waals surface area contributed by atoms with Crippen molar-refractivity contribution in [3.8, 4) is 0 Å². The van der Waals surface area contributed by atoms with Crippen molar-refractivity contribution in [1.82, 2.24) is 0 Å². The van der Waals surface area contributed by atoms with E-state index in [1.54, 1.807) is 13.0 Å². The van der Waals surface area contributed by atoms with Gasteiger partial charge in [-0.15, -0.1) is 0 Å². The first-order valence-corrected chi connectivity index (χ1v) is 3.69. The van der Waals surface area contributed by atoms with Crippen LogP contribution in [0.3, 0.4) is 0 Å². The molecule has 12 heavy (non-hydrogen) atoms. The summed E-state index contributed by atoms with van der Waals surface area (Å²) >= 11 is 0. The lowest BCUT2D eigenvalue weighted by molar-refractivity contribution is 0.116. The first-order chi connectivity index (χ1) is 5.66. The van der Waals surface area contributed by atoms with Gasteiger partial charge in [-0.05, 0) is 13.0 Å². The van der Waals surface area contributed by atoms with E-state index in [0.29, 0.717) is 11.3 Å². The molecule has 0 spiro atoms. The van der Waals surface area contributed by atoms with Crippen molar-refractivity contribution in [1.29, 1.82) is 0 Å². The van der Waals surface area contributed by atoms with Crippen molar-refractivity contribution in [2.45, 2.75) is 19.3 Å². The molecule has 0 aliphatic heterocycles. The van der Waals surface area contributed by atoms with Crippen LogP contribution in [0.25, 0.3) is 0 Å². The average Bonchev–Trinajstić information content (AvgIpc) is 2.38. The fraction of sp³-hybridized carbons (Fsp3) is 0.500. The Morgan fingerprint density at radius 3 is 2.58 bits per heavy atom. The van der Waals surface area contributed by atoms with Crippen LogP contribution in [0.2, 0.25) is 0 Å². The van der Waals surface area contributed by atoms with Crippen LogP contribution in [-0.2, 0) is 0 Å². The van der Waals surface area contributed by atoms with E-state index in [9.17, 15) is 8.78 Å². The molecule has 2 N–H and O–H groups in total. The number of nitrogens with two attached hydrogens (primary N) is 1. The monoisotopic (exact) mass is 175 g/mol. The molecule has 0 radical (unpaired) electrons. The van der Waals surface area contributed by atoms with Gasteiger partial charge < -0.3 is 10.2 Å². The highest BCUT2D eigenvalue weighted by Gasteiger charge is 2.23. The molecule has 0 aliphatic carbocycles. The minimum atomic E-state index is -2.42. The molecule has 1 heterocycles. The molecule has 2 nitrogen and oxygen atoms in total. The minimum Gasteiger partial charge on any atom is -0.469 e. The summed E-state index contributed by atoms with van der Waals surface area (Å²) in [5, 5.41) is 0. The largest absolute Gasteiger partial charge is 0.469 e. The SMILES string of the molecule is Cc1occc1C(CN)C(F)F. The Morgan fingerprint density at radius 2 is 2.25 bits per heavy atom. The standard InChI is InChI=1S/C8H11F2NO/c1-5-6(2-3-12-5)7(4-11)8(9)10/h2-3,7-8H,4,11H2,1H3. The maximum absolute atomic E-state index is 12.3. The molecule has 4 heteroatoms. The second kappa shape index (κ2) is 3.67. The Hall–Kier alpha value is -0.900. The van der Waals surface area contributed by atoms with E-state index < -0.39 is 12.3 Å². The van der Waals surface area contributed by atoms with Crippen molar-refractivity contribution in [3.63, 3.8) is 0 Å². The van der Waals surface area contributed by atoms with Crippen molar-refractivity contribution >= 4 is 0 Å². The third kappa shape index (κ3) is 1.64. The lowest BCUT2D eigenvalue weighted by Crippen LogP contribution is -2.19. The third-order valence-electron chi connectivity index (χ3n) is 1.86. The summed E-state index contributed by atoms with van der Waals surface area (Å²) < 4.78 is 29.6. The normalized spacial score (nSPS) is 13.8. The quantitative estimate of drug-likeness (QED) is 0.761. The third-order valence-corrected chi connectivity index (χ3v) is 1.86. The van der Waals surface area contributed by atoms with Crippen LogP contribution in [0, 0.1) is 6.92 Å². The van der Waals surface area contributed by atoms with Gasteiger partial charge in [-0.3, -0.25) is 0 Å². The number of alkyl halides is 2. The molecule has 0 saturated heterocycles. The highest BCUT2D eigenvalue weighted by atomic mass is 19.3. The minimum absolute atomic E-state index is 0.0575. The van der Waals surface area contributed by atoms with Gasteiger partial charge in [-0.2, -0.15) is 0 Å². The first-order valence-electron chi connectivity index (χ1n) is 3.69. The summed E-state index contributed by atoms with van der Waals surface area (Å²) in [4.78, 5) is 0. The molecule has 0 saturated carbocycles. The number of hydrogen-bond acceptors (Lipinski definition) is 2. The fourth-order valence-electron chi connectivity index (χ4n) is 1.15. The zero-order valence-corrected chi connectivity index (χ0v) is 6.76. The zero-order chi connectivity index (χ0) is 9.14. The van der Waals surface area contributed by atoms with Crippen LogP contribution < -0.4 is 5.73 Å². The van der Waals surface area contributed by atoms with Gasteiger partial charge in [0.15, 0.2) is 0 Å². The molecule has 68 valence electrons. The molecule has 0 fully saturated rings. The maximum atomic E-state index is 12.3. The fourth-order valence-corrected chi connectivity index (χ4v) is 1.15. The Bertz CT molecular complexity index is 247. The van der Waals surface area contributed by atoms with E-state index in [1.807, 2.05) is 0 Å². The van der Waals surface area contributed by atoms with E-state index in [1.165, 1.54) is 6.26 Å². The van der Waals surface area contributed by atoms with Crippen LogP contribution >= 0.6 is 0 Å². The average molecular weight is 175 g/mol. The van der Waals surface area contributed by atoms with Gasteiger partial charge in [-0.1, -0.05) is 0 Å². The molecule has 0 bridgehead atoms. The second-order valence-electron chi connectivity index (χ2n) is 2.61. The summed E-state index contributed by atoms with van der Waals surface area (Å²) in [6.45, 7) is 1.60. The molecule has 0 aliphatic rings. The molecule has 1 aromatic rings. The van der Waals surface area contributed by atoms with Crippen molar-refractivity contribution in [3.05, 3.63) is 23.7 Å². The number of aryl methyl sites for hydroxylation is 1. The van der Waals surface area contributed by atoms with Crippen LogP contribution in [0.4, 0.5) is 8.78 Å². The van der Waals surface area contributed by atoms with Crippen LogP contribution in [0.5, 0.6) is 0 Å². The topological polar surface area (TPSA) is 39.2 Å². The molecule has 1 atom stereocenters. The summed E-state index contributed by atoms with van der Waals surface area (Å²) in [5.41, 5.74) is 5.72. The predicted octanol–water partition coefficient (Wildman–Crippen LogP) is 1.90. The van der Waals surface area contributed by atoms with Crippen molar-refractivity contribution in [2.24, 2.45) is 5.73 Å². The van der Waals surface area contributed by atoms with E-state index in [0.717, 1.165) is 0 Å². The van der Waals surface area contributed by atoms with Gasteiger partial charge in [0.1, 0.15) is 5.76 Å². The van der Waals surface area contributed by atoms with Crippen molar-refractivity contribution < 1.29 is 13.2 Å². The van der Waals surface area contributed by atoms with Gasteiger partial charge in [0.2, 0.25) is 6.43 Å². The number of furan rings is 1. The lowest BCUT2D eigenvalue weighted by Gasteiger charge is -2.11. The van der Waals surface area contributed by atoms with E-state index in [4.69, 9.17) is 10.2 Å². The maximum Gasteiger partial charge on any atom is 0.246 e. The van der Waals surface area contributed by atoms with Gasteiger partial charge in [0, 0.05) is 12.1 Å². The van der Waals surface area contributed by atoms with Crippen LogP contribution in [-0.4, -0.2) is 13.0 Å². The Labute approximate surface area is 69.4 Å². The van der Waals surface area contributed by atoms with Crippen LogP contribution in [0.15, 0.2) is 16.7 Å². The van der Waals surface area contributed by atoms with E-state index >= 15 is 0 Å². The molecule has 0 aromatic carbocycles. The molecular weight excluding hydrogens is 164 g/mol. The van der Waals surface area contributed by atoms with Crippen molar-refractivity contribution in [2.75, 3.05) is 6.54 Å². The summed E-state index contributed by atoms with van der Waals surface area (Å²) in [5.74, 6) is -0.380. The van der Waals surface area contributed by atoms with E-state index in [2.05, 4.69) is 0 Å². The summed E-state index contributed by atoms with van der Waals surface area (Å²) in [6, 6.07) is 1.54. The van der Waals surface area contributed by atoms with Crippen LogP contribution in [0.1, 0.15) is 17.2 Å². The molecular formula is C8H11F2NO. The number of rotatable bonds is 3. The Balaban J connectivity index is 2.87. The molecule has 0 amide bonds. The first kappa shape index (κ1) is 9.19. The highest BCUT2D eigenvalue weighted by Crippen LogP contribution is 2.25. The van der Waals surface area contributed by atoms with E-state index in [-0.39, 0.29) is 6.54 Å². The molecule has 1 rings (SSSR count). The Kier molecular flexibility index (Phi) is 2.81. The summed E-state index contributed by atoms with van der Waals surface area (Å²) in [7, 11) is 0. The number of halogens is 2. The smallest absolute Gasteiger partial charge is 0.246 e. The summed E-state index contributed by atoms with van der Waals surface area (Å²) in [6.07, 6.45) is -1.03. The Morgan fingerprint density at radius 1 is 1.58 bits per heavy atom. The zero-order valence-electron chi connectivity index (χ0n) is 6.76. The molecule has 1 aromatic heterocycles. The highest BCUT2D eigenvalue weighted by molar-refractivity contribution is 5.21. The molecule has 1 unspecified atom stereocenters. The van der Waals surface area contributed by atoms with Gasteiger partial charge in [0.05, 0.1) is 12.2 Å². The van der Waals surface area contributed by atoms with Gasteiger partial charge >= 0.3 is 0 Å². The predicted molar refractivity (Wildman–Crippen MR) is 41.2 cm³/mol. The lowest BCUT2D eigenvalue weighted by atomic mass is 10.0. The van der Waals surface area contributed by atoms with Gasteiger partial charge in [-0.25, -0.2) is 8.78 Å². The van der Waals surface area contributed by atoms with Gasteiger partial charge in [0.25, 0.3) is 0 Å². The second-order valence-corrected chi connectivity index (χ2v) is 2.61. The number of hydrogen-bond donors (Lipinski definition) is 1.